The highest BCUT2D eigenvalue weighted by Gasteiger charge is 2.31. The Balaban J connectivity index is 1.75. The highest BCUT2D eigenvalue weighted by molar-refractivity contribution is 5.51. The first-order valence-electron chi connectivity index (χ1n) is 7.75. The van der Waals surface area contributed by atoms with Crippen LogP contribution in [0.2, 0.25) is 0 Å². The second kappa shape index (κ2) is 5.16. The second-order valence-corrected chi connectivity index (χ2v) is 6.67. The van der Waals surface area contributed by atoms with Gasteiger partial charge in [0.15, 0.2) is 0 Å². The summed E-state index contributed by atoms with van der Waals surface area (Å²) in [7, 11) is 0. The molecule has 19 heavy (non-hydrogen) atoms. The molecule has 3 rings (SSSR count). The molecule has 1 aliphatic carbocycles. The molecule has 2 aliphatic rings. The van der Waals surface area contributed by atoms with Gasteiger partial charge in [-0.1, -0.05) is 26.0 Å². The quantitative estimate of drug-likeness (QED) is 0.782. The molecule has 1 saturated carbocycles. The summed E-state index contributed by atoms with van der Waals surface area (Å²) in [6, 6.07) is 7.18. The van der Waals surface area contributed by atoms with Crippen molar-refractivity contribution in [3.63, 3.8) is 0 Å². The predicted molar refractivity (Wildman–Crippen MR) is 80.9 cm³/mol. The second-order valence-electron chi connectivity index (χ2n) is 6.67. The average molecular weight is 258 g/mol. The monoisotopic (exact) mass is 258 g/mol. The van der Waals surface area contributed by atoms with Crippen molar-refractivity contribution in [1.82, 2.24) is 4.90 Å². The normalized spacial score (nSPS) is 32.0. The molecule has 2 nitrogen and oxygen atoms in total. The van der Waals surface area contributed by atoms with E-state index in [1.54, 1.807) is 0 Å². The Hall–Kier alpha value is -1.02. The zero-order chi connectivity index (χ0) is 13.4. The summed E-state index contributed by atoms with van der Waals surface area (Å²) in [6.07, 6.45) is 5.29. The lowest BCUT2D eigenvalue weighted by molar-refractivity contribution is 0.0823. The smallest absolute Gasteiger partial charge is 0.0350 e. The maximum absolute atomic E-state index is 6.09. The van der Waals surface area contributed by atoms with Crippen molar-refractivity contribution in [2.75, 3.05) is 12.3 Å². The van der Waals surface area contributed by atoms with Gasteiger partial charge in [-0.15, -0.1) is 0 Å². The Bertz CT molecular complexity index is 455. The van der Waals surface area contributed by atoms with Crippen LogP contribution in [0.5, 0.6) is 0 Å². The third-order valence-electron chi connectivity index (χ3n) is 5.19. The number of rotatable bonds is 1. The van der Waals surface area contributed by atoms with E-state index < -0.39 is 0 Å². The predicted octanol–water partition coefficient (Wildman–Crippen LogP) is 3.45. The molecule has 1 heterocycles. The van der Waals surface area contributed by atoms with Crippen LogP contribution in [0.3, 0.4) is 0 Å². The van der Waals surface area contributed by atoms with Gasteiger partial charge in [-0.3, -0.25) is 4.90 Å². The van der Waals surface area contributed by atoms with Crippen molar-refractivity contribution in [3.05, 3.63) is 29.3 Å². The molecule has 1 fully saturated rings. The molecule has 0 amide bonds. The summed E-state index contributed by atoms with van der Waals surface area (Å²) >= 11 is 0. The summed E-state index contributed by atoms with van der Waals surface area (Å²) in [5, 5.41) is 0. The first-order valence-corrected chi connectivity index (χ1v) is 7.75. The summed E-state index contributed by atoms with van der Waals surface area (Å²) in [5.41, 5.74) is 9.93. The Morgan fingerprint density at radius 3 is 2.84 bits per heavy atom. The average Bonchev–Trinajstić information content (AvgIpc) is 2.38. The van der Waals surface area contributed by atoms with Crippen LogP contribution in [0.1, 0.15) is 44.2 Å². The molecule has 1 aromatic rings. The van der Waals surface area contributed by atoms with Gasteiger partial charge in [0.05, 0.1) is 0 Å². The minimum Gasteiger partial charge on any atom is -0.398 e. The van der Waals surface area contributed by atoms with Crippen LogP contribution in [0.4, 0.5) is 5.69 Å². The lowest BCUT2D eigenvalue weighted by Gasteiger charge is -2.42. The summed E-state index contributed by atoms with van der Waals surface area (Å²) in [6.45, 7) is 7.13. The van der Waals surface area contributed by atoms with E-state index in [0.29, 0.717) is 0 Å². The topological polar surface area (TPSA) is 29.3 Å². The number of nitrogen functional groups attached to an aromatic ring is 1. The summed E-state index contributed by atoms with van der Waals surface area (Å²) in [5.74, 6) is 1.75. The van der Waals surface area contributed by atoms with Gasteiger partial charge in [-0.05, 0) is 54.7 Å². The van der Waals surface area contributed by atoms with Crippen molar-refractivity contribution in [1.29, 1.82) is 0 Å². The van der Waals surface area contributed by atoms with Gasteiger partial charge in [-0.2, -0.15) is 0 Å². The first-order chi connectivity index (χ1) is 9.15. The Morgan fingerprint density at radius 2 is 2.05 bits per heavy atom. The third kappa shape index (κ3) is 2.51. The standard InChI is InChI=1S/C17H26N2/c1-12-6-7-17(13(2)10-12)19-9-8-15-14(11-19)4-3-5-16(15)18/h3-5,12-13,17H,6-11,18H2,1-2H3. The van der Waals surface area contributed by atoms with Crippen LogP contribution in [-0.4, -0.2) is 17.5 Å². The van der Waals surface area contributed by atoms with Crippen LogP contribution in [0.25, 0.3) is 0 Å². The molecule has 2 heteroatoms. The minimum absolute atomic E-state index is 0.783. The largest absolute Gasteiger partial charge is 0.398 e. The van der Waals surface area contributed by atoms with Crippen molar-refractivity contribution < 1.29 is 0 Å². The highest BCUT2D eigenvalue weighted by Crippen LogP contribution is 2.35. The molecular weight excluding hydrogens is 232 g/mol. The maximum Gasteiger partial charge on any atom is 0.0350 e. The fourth-order valence-corrected chi connectivity index (χ4v) is 4.14. The van der Waals surface area contributed by atoms with E-state index in [-0.39, 0.29) is 0 Å². The van der Waals surface area contributed by atoms with Crippen LogP contribution < -0.4 is 5.73 Å². The number of hydrogen-bond acceptors (Lipinski definition) is 2. The Labute approximate surface area is 117 Å². The van der Waals surface area contributed by atoms with Crippen LogP contribution in [0, 0.1) is 11.8 Å². The van der Waals surface area contributed by atoms with E-state index in [1.807, 2.05) is 6.07 Å². The first kappa shape index (κ1) is 13.0. The van der Waals surface area contributed by atoms with Crippen molar-refractivity contribution in [2.24, 2.45) is 11.8 Å². The molecule has 1 aliphatic heterocycles. The van der Waals surface area contributed by atoms with Crippen molar-refractivity contribution in [2.45, 2.75) is 52.1 Å². The van der Waals surface area contributed by atoms with E-state index in [2.05, 4.69) is 30.9 Å². The maximum atomic E-state index is 6.09. The number of hydrogen-bond donors (Lipinski definition) is 1. The van der Waals surface area contributed by atoms with E-state index >= 15 is 0 Å². The summed E-state index contributed by atoms with van der Waals surface area (Å²) in [4.78, 5) is 2.71. The highest BCUT2D eigenvalue weighted by atomic mass is 15.2. The van der Waals surface area contributed by atoms with Gasteiger partial charge in [0.1, 0.15) is 0 Å². The Morgan fingerprint density at radius 1 is 1.21 bits per heavy atom. The number of anilines is 1. The molecule has 0 spiro atoms. The minimum atomic E-state index is 0.783. The zero-order valence-electron chi connectivity index (χ0n) is 12.2. The molecule has 0 bridgehead atoms. The van der Waals surface area contributed by atoms with Gasteiger partial charge in [-0.25, -0.2) is 0 Å². The van der Waals surface area contributed by atoms with E-state index in [1.165, 1.54) is 36.9 Å². The molecule has 2 N–H and O–H groups in total. The van der Waals surface area contributed by atoms with E-state index in [4.69, 9.17) is 5.73 Å². The molecule has 0 saturated heterocycles. The van der Waals surface area contributed by atoms with E-state index in [0.717, 1.165) is 36.5 Å². The van der Waals surface area contributed by atoms with Gasteiger partial charge in [0.25, 0.3) is 0 Å². The van der Waals surface area contributed by atoms with Gasteiger partial charge in [0.2, 0.25) is 0 Å². The van der Waals surface area contributed by atoms with Crippen molar-refractivity contribution in [3.8, 4) is 0 Å². The molecule has 3 atom stereocenters. The molecule has 0 aromatic heterocycles. The molecule has 0 radical (unpaired) electrons. The Kier molecular flexibility index (Phi) is 3.53. The molecule has 3 unspecified atom stereocenters. The van der Waals surface area contributed by atoms with E-state index in [9.17, 15) is 0 Å². The fourth-order valence-electron chi connectivity index (χ4n) is 4.14. The SMILES string of the molecule is CC1CCC(N2CCc3c(N)cccc3C2)C(C)C1. The lowest BCUT2D eigenvalue weighted by Crippen LogP contribution is -2.45. The number of nitrogens with two attached hydrogens (primary N) is 1. The molecule has 104 valence electrons. The zero-order valence-corrected chi connectivity index (χ0v) is 12.2. The van der Waals surface area contributed by atoms with Gasteiger partial charge in [0, 0.05) is 24.8 Å². The third-order valence-corrected chi connectivity index (χ3v) is 5.19. The fraction of sp³-hybridized carbons (Fsp3) is 0.647. The van der Waals surface area contributed by atoms with Gasteiger partial charge >= 0.3 is 0 Å². The molecular formula is C17H26N2. The van der Waals surface area contributed by atoms with Crippen LogP contribution in [-0.2, 0) is 13.0 Å². The van der Waals surface area contributed by atoms with Crippen LogP contribution in [0.15, 0.2) is 18.2 Å². The number of benzene rings is 1. The van der Waals surface area contributed by atoms with Crippen molar-refractivity contribution >= 4 is 5.69 Å². The van der Waals surface area contributed by atoms with Crippen LogP contribution >= 0.6 is 0 Å². The summed E-state index contributed by atoms with van der Waals surface area (Å²) < 4.78 is 0. The molecule has 1 aromatic carbocycles. The number of fused-ring (bicyclic) bond motifs is 1. The van der Waals surface area contributed by atoms with Gasteiger partial charge < -0.3 is 5.73 Å². The lowest BCUT2D eigenvalue weighted by atomic mass is 9.78. The number of nitrogens with zero attached hydrogens (tertiary/aromatic N) is 1.